The van der Waals surface area contributed by atoms with Crippen LogP contribution in [0, 0.1) is 0 Å². The lowest BCUT2D eigenvalue weighted by atomic mass is 9.98. The Balaban J connectivity index is 2.42. The van der Waals surface area contributed by atoms with Crippen LogP contribution in [0.2, 0.25) is 0 Å². The van der Waals surface area contributed by atoms with Crippen molar-refractivity contribution in [3.05, 3.63) is 22.7 Å². The minimum Gasteiger partial charge on any atom is -0.394 e. The summed E-state index contributed by atoms with van der Waals surface area (Å²) in [6.45, 7) is 3.78. The highest BCUT2D eigenvalue weighted by Gasteiger charge is 2.55. The Labute approximate surface area is 108 Å². The summed E-state index contributed by atoms with van der Waals surface area (Å²) in [6, 6.07) is 1.37. The molecule has 0 saturated carbocycles. The molecule has 0 unspecified atom stereocenters. The van der Waals surface area contributed by atoms with E-state index in [2.05, 4.69) is 16.7 Å². The van der Waals surface area contributed by atoms with Gasteiger partial charge in [-0.3, -0.25) is 4.57 Å². The molecule has 0 bridgehead atoms. The van der Waals surface area contributed by atoms with E-state index in [1.54, 1.807) is 0 Å². The molecule has 8 heteroatoms. The van der Waals surface area contributed by atoms with E-state index in [-0.39, 0.29) is 5.82 Å². The van der Waals surface area contributed by atoms with Gasteiger partial charge in [0, 0.05) is 6.20 Å². The normalized spacial score (nSPS) is 34.4. The van der Waals surface area contributed by atoms with Gasteiger partial charge in [0.05, 0.1) is 6.61 Å². The average Bonchev–Trinajstić information content (AvgIpc) is 2.61. The lowest BCUT2D eigenvalue weighted by Gasteiger charge is -2.24. The van der Waals surface area contributed by atoms with E-state index in [4.69, 9.17) is 9.84 Å². The molecule has 0 aromatic carbocycles. The zero-order valence-corrected chi connectivity index (χ0v) is 10.2. The smallest absolute Gasteiger partial charge is 0.351 e. The molecule has 1 aliphatic rings. The van der Waals surface area contributed by atoms with Crippen molar-refractivity contribution in [2.45, 2.75) is 31.0 Å². The topological polar surface area (TPSA) is 96.9 Å². The number of halogens is 1. The number of nitrogens with zero attached hydrogens (tertiary/aromatic N) is 3. The first-order chi connectivity index (χ1) is 8.91. The van der Waals surface area contributed by atoms with Crippen LogP contribution in [0.25, 0.3) is 0 Å². The summed E-state index contributed by atoms with van der Waals surface area (Å²) < 4.78 is 20.5. The van der Waals surface area contributed by atoms with Crippen molar-refractivity contribution in [2.75, 3.05) is 6.61 Å². The fourth-order valence-electron chi connectivity index (χ4n) is 2.03. The third-order valence-corrected chi connectivity index (χ3v) is 3.13. The van der Waals surface area contributed by atoms with Crippen LogP contribution in [0.3, 0.4) is 0 Å². The van der Waals surface area contributed by atoms with Crippen LogP contribution in [-0.4, -0.2) is 51.0 Å². The molecular formula is C11H14FN3O4. The minimum absolute atomic E-state index is 0.110. The molecular weight excluding hydrogens is 257 g/mol. The fourth-order valence-corrected chi connectivity index (χ4v) is 2.03. The van der Waals surface area contributed by atoms with Crippen LogP contribution in [0.4, 0.5) is 10.2 Å². The molecule has 1 fully saturated rings. The fraction of sp³-hybridized carbons (Fsp3) is 0.545. The predicted molar refractivity (Wildman–Crippen MR) is 64.2 cm³/mol. The molecule has 1 aromatic heterocycles. The van der Waals surface area contributed by atoms with Gasteiger partial charge in [0.1, 0.15) is 12.2 Å². The maximum atomic E-state index is 14.4. The number of aliphatic hydroxyl groups excluding tert-OH is 2. The molecule has 1 aliphatic heterocycles. The number of hydrogen-bond acceptors (Lipinski definition) is 6. The van der Waals surface area contributed by atoms with Crippen molar-refractivity contribution < 1.29 is 19.3 Å². The Morgan fingerprint density at radius 2 is 2.42 bits per heavy atom. The SMILES string of the molecule is C=Nc1ccn([C@@H]2O[C@H](CO)[C@@H](O)[C@@]2(C)F)c(=O)n1. The lowest BCUT2D eigenvalue weighted by Crippen LogP contribution is -2.42. The molecule has 104 valence electrons. The van der Waals surface area contributed by atoms with Crippen LogP contribution in [0.15, 0.2) is 22.1 Å². The van der Waals surface area contributed by atoms with Gasteiger partial charge >= 0.3 is 5.69 Å². The lowest BCUT2D eigenvalue weighted by molar-refractivity contribution is -0.0610. The molecule has 4 atom stereocenters. The molecule has 2 N–H and O–H groups in total. The summed E-state index contributed by atoms with van der Waals surface area (Å²) in [4.78, 5) is 18.8. The van der Waals surface area contributed by atoms with Gasteiger partial charge in [-0.25, -0.2) is 14.2 Å². The number of aromatic nitrogens is 2. The third-order valence-electron chi connectivity index (χ3n) is 3.13. The number of hydrogen-bond donors (Lipinski definition) is 2. The second-order valence-electron chi connectivity index (χ2n) is 4.44. The predicted octanol–water partition coefficient (Wildman–Crippen LogP) is -0.446. The van der Waals surface area contributed by atoms with E-state index in [9.17, 15) is 14.3 Å². The first kappa shape index (κ1) is 13.8. The Bertz CT molecular complexity index is 545. The minimum atomic E-state index is -2.22. The van der Waals surface area contributed by atoms with Gasteiger partial charge in [-0.05, 0) is 19.7 Å². The summed E-state index contributed by atoms with van der Waals surface area (Å²) in [5.41, 5.74) is -2.99. The summed E-state index contributed by atoms with van der Waals surface area (Å²) in [7, 11) is 0. The van der Waals surface area contributed by atoms with E-state index in [0.717, 1.165) is 11.5 Å². The highest BCUT2D eigenvalue weighted by atomic mass is 19.1. The molecule has 2 heterocycles. The zero-order valence-electron chi connectivity index (χ0n) is 10.2. The van der Waals surface area contributed by atoms with Gasteiger partial charge in [-0.2, -0.15) is 4.98 Å². The average molecular weight is 271 g/mol. The Morgan fingerprint density at radius 3 is 2.89 bits per heavy atom. The van der Waals surface area contributed by atoms with Crippen molar-refractivity contribution in [3.63, 3.8) is 0 Å². The largest absolute Gasteiger partial charge is 0.394 e. The van der Waals surface area contributed by atoms with Crippen LogP contribution < -0.4 is 5.69 Å². The van der Waals surface area contributed by atoms with E-state index in [1.807, 2.05) is 0 Å². The molecule has 1 saturated heterocycles. The number of aliphatic imine (C=N–C) groups is 1. The Hall–Kier alpha value is -1.64. The first-order valence-electron chi connectivity index (χ1n) is 5.61. The monoisotopic (exact) mass is 271 g/mol. The maximum absolute atomic E-state index is 14.4. The molecule has 1 aromatic rings. The zero-order chi connectivity index (χ0) is 14.2. The molecule has 0 amide bonds. The van der Waals surface area contributed by atoms with E-state index < -0.39 is 36.4 Å². The number of aliphatic hydroxyl groups is 2. The number of alkyl halides is 1. The number of ether oxygens (including phenoxy) is 1. The summed E-state index contributed by atoms with van der Waals surface area (Å²) in [6.07, 6.45) is -2.73. The van der Waals surface area contributed by atoms with Gasteiger partial charge in [-0.15, -0.1) is 0 Å². The summed E-state index contributed by atoms with van der Waals surface area (Å²) in [5, 5.41) is 18.7. The van der Waals surface area contributed by atoms with Crippen LogP contribution in [0.1, 0.15) is 13.2 Å². The first-order valence-corrected chi connectivity index (χ1v) is 5.61. The molecule has 0 spiro atoms. The Morgan fingerprint density at radius 1 is 1.74 bits per heavy atom. The standard InChI is InChI=1S/C11H14FN3O4/c1-11(12)8(17)6(5-16)19-9(11)15-4-3-7(13-2)14-10(15)18/h3-4,6,8-9,16-17H,2,5H2,1H3/t6-,8-,9-,11-/m1/s1. The van der Waals surface area contributed by atoms with Crippen molar-refractivity contribution >= 4 is 12.5 Å². The molecule has 7 nitrogen and oxygen atoms in total. The maximum Gasteiger partial charge on any atom is 0.351 e. The number of rotatable bonds is 3. The summed E-state index contributed by atoms with van der Waals surface area (Å²) >= 11 is 0. The van der Waals surface area contributed by atoms with Crippen LogP contribution in [-0.2, 0) is 4.74 Å². The van der Waals surface area contributed by atoms with Crippen LogP contribution in [0.5, 0.6) is 0 Å². The molecule has 0 radical (unpaired) electrons. The molecule has 0 aliphatic carbocycles. The summed E-state index contributed by atoms with van der Waals surface area (Å²) in [5.74, 6) is 0.110. The van der Waals surface area contributed by atoms with Crippen molar-refractivity contribution in [3.8, 4) is 0 Å². The van der Waals surface area contributed by atoms with Crippen LogP contribution >= 0.6 is 0 Å². The Kier molecular flexibility index (Phi) is 3.48. The quantitative estimate of drug-likeness (QED) is 0.726. The van der Waals surface area contributed by atoms with Gasteiger partial charge in [0.25, 0.3) is 0 Å². The van der Waals surface area contributed by atoms with Gasteiger partial charge < -0.3 is 14.9 Å². The second-order valence-corrected chi connectivity index (χ2v) is 4.44. The van der Waals surface area contributed by atoms with Crippen molar-refractivity contribution in [1.29, 1.82) is 0 Å². The van der Waals surface area contributed by atoms with Gasteiger partial charge in [0.15, 0.2) is 17.7 Å². The van der Waals surface area contributed by atoms with Crippen molar-refractivity contribution in [1.82, 2.24) is 9.55 Å². The molecule has 19 heavy (non-hydrogen) atoms. The third kappa shape index (κ3) is 2.18. The van der Waals surface area contributed by atoms with Crippen molar-refractivity contribution in [2.24, 2.45) is 4.99 Å². The highest BCUT2D eigenvalue weighted by molar-refractivity contribution is 5.37. The van der Waals surface area contributed by atoms with E-state index in [1.165, 1.54) is 12.3 Å². The van der Waals surface area contributed by atoms with E-state index in [0.29, 0.717) is 0 Å². The van der Waals surface area contributed by atoms with E-state index >= 15 is 0 Å². The van der Waals surface area contributed by atoms with Gasteiger partial charge in [-0.1, -0.05) is 0 Å². The highest BCUT2D eigenvalue weighted by Crippen LogP contribution is 2.40. The second kappa shape index (κ2) is 4.80. The molecule has 2 rings (SSSR count). The van der Waals surface area contributed by atoms with Gasteiger partial charge in [0.2, 0.25) is 0 Å².